The van der Waals surface area contributed by atoms with Crippen LogP contribution in [0.5, 0.6) is 0 Å². The summed E-state index contributed by atoms with van der Waals surface area (Å²) in [6.45, 7) is 0. The molecule has 0 spiro atoms. The van der Waals surface area contributed by atoms with Gasteiger partial charge in [0.2, 0.25) is 0 Å². The number of halogens is 5. The number of amides is 1. The molecule has 0 unspecified atom stereocenters. The summed E-state index contributed by atoms with van der Waals surface area (Å²) < 4.78 is 67.0. The van der Waals surface area contributed by atoms with Crippen LogP contribution in [-0.2, 0) is 19.6 Å². The third kappa shape index (κ3) is 4.53. The van der Waals surface area contributed by atoms with Crippen LogP contribution in [0.3, 0.4) is 0 Å². The van der Waals surface area contributed by atoms with Crippen LogP contribution >= 0.6 is 67.8 Å². The van der Waals surface area contributed by atoms with Crippen LogP contribution in [0.1, 0.15) is 36.0 Å². The van der Waals surface area contributed by atoms with E-state index >= 15 is 0 Å². The van der Waals surface area contributed by atoms with E-state index in [1.807, 2.05) is 12.1 Å². The normalized spacial score (nSPS) is 31.4. The first-order valence-electron chi connectivity index (χ1n) is 9.79. The van der Waals surface area contributed by atoms with Crippen molar-refractivity contribution in [2.45, 2.75) is 43.1 Å². The van der Waals surface area contributed by atoms with Gasteiger partial charge in [0.25, 0.3) is 5.91 Å². The number of nitrogens with one attached hydrogen (secondary N) is 1. The molecule has 176 valence electrons. The van der Waals surface area contributed by atoms with Gasteiger partial charge in [-0.2, -0.15) is 8.78 Å². The molecule has 13 heteroatoms. The number of benzene rings is 1. The minimum Gasteiger partial charge on any atom is -0.743 e. The highest BCUT2D eigenvalue weighted by Crippen LogP contribution is 2.55. The van der Waals surface area contributed by atoms with Gasteiger partial charge in [0.15, 0.2) is 10.1 Å². The van der Waals surface area contributed by atoms with Crippen LogP contribution in [0, 0.1) is 34.4 Å². The van der Waals surface area contributed by atoms with Crippen molar-refractivity contribution in [2.24, 2.45) is 23.7 Å². The second-order valence-electron chi connectivity index (χ2n) is 8.57. The molecule has 0 radical (unpaired) electrons. The Morgan fingerprint density at radius 2 is 1.56 bits per heavy atom. The van der Waals surface area contributed by atoms with Gasteiger partial charge < -0.3 is 14.6 Å². The third-order valence-corrected chi connectivity index (χ3v) is 11.2. The van der Waals surface area contributed by atoms with Crippen molar-refractivity contribution in [1.29, 1.82) is 0 Å². The van der Waals surface area contributed by atoms with Crippen LogP contribution in [0.15, 0.2) is 12.1 Å². The summed E-state index contributed by atoms with van der Waals surface area (Å²) in [5, 5.41) is -1.92. The monoisotopic (exact) mass is 806 g/mol. The minimum atomic E-state index is -6.14. The second-order valence-corrected chi connectivity index (χ2v) is 13.5. The zero-order chi connectivity index (χ0) is 23.6. The zero-order valence-electron chi connectivity index (χ0n) is 16.2. The van der Waals surface area contributed by atoms with Gasteiger partial charge in [-0.3, -0.25) is 4.79 Å². The van der Waals surface area contributed by atoms with E-state index in [-0.39, 0.29) is 35.6 Å². The summed E-state index contributed by atoms with van der Waals surface area (Å²) >= 11 is 6.52. The Bertz CT molecular complexity index is 1050. The van der Waals surface area contributed by atoms with Crippen LogP contribution in [0.2, 0.25) is 0 Å². The fourth-order valence-electron chi connectivity index (χ4n) is 5.51. The zero-order valence-corrected chi connectivity index (χ0v) is 23.5. The standard InChI is InChI=1S/C19H18F2I3NO6S/c20-19(21,32(28,29)30)18(27)31-16-9-1-7-2-10(16)4-8(3-9)15(7)25-17(26)12-5-11(22)6-13(23)14(12)24/h5-10,15-16H,1-4H2,(H,25,26)(H,28,29,30)/p-1. The number of rotatable bonds is 5. The van der Waals surface area contributed by atoms with E-state index in [2.05, 4.69) is 73.1 Å². The Morgan fingerprint density at radius 1 is 1.03 bits per heavy atom. The highest BCUT2D eigenvalue weighted by atomic mass is 127. The maximum absolute atomic E-state index is 13.6. The first kappa shape index (κ1) is 25.2. The number of alkyl halides is 2. The van der Waals surface area contributed by atoms with Gasteiger partial charge in [-0.05, 0) is 129 Å². The van der Waals surface area contributed by atoms with Gasteiger partial charge in [0.05, 0.1) is 5.56 Å². The van der Waals surface area contributed by atoms with Gasteiger partial charge >= 0.3 is 11.2 Å². The molecular formula is C19H17F2I3NO6S-. The largest absolute Gasteiger partial charge is 0.743 e. The molecular weight excluding hydrogens is 789 g/mol. The van der Waals surface area contributed by atoms with E-state index in [1.54, 1.807) is 0 Å². The Labute approximate surface area is 224 Å². The number of carbonyl (C=O) groups is 2. The Hall–Kier alpha value is 0.120. The van der Waals surface area contributed by atoms with E-state index in [0.717, 1.165) is 10.7 Å². The topological polar surface area (TPSA) is 113 Å². The van der Waals surface area contributed by atoms with E-state index in [9.17, 15) is 31.3 Å². The summed E-state index contributed by atoms with van der Waals surface area (Å²) in [4.78, 5) is 24.8. The Kier molecular flexibility index (Phi) is 7.06. The van der Waals surface area contributed by atoms with E-state index in [1.165, 1.54) is 0 Å². The first-order valence-corrected chi connectivity index (χ1v) is 14.4. The van der Waals surface area contributed by atoms with Crippen molar-refractivity contribution in [3.8, 4) is 0 Å². The lowest BCUT2D eigenvalue weighted by Gasteiger charge is -2.57. The van der Waals surface area contributed by atoms with E-state index in [4.69, 9.17) is 4.74 Å². The Balaban J connectivity index is 1.45. The summed E-state index contributed by atoms with van der Waals surface area (Å²) in [6, 6.07) is 3.78. The maximum atomic E-state index is 13.6. The highest BCUT2D eigenvalue weighted by molar-refractivity contribution is 14.1. The van der Waals surface area contributed by atoms with Gasteiger partial charge in [0.1, 0.15) is 6.10 Å². The molecule has 4 aliphatic rings. The van der Waals surface area contributed by atoms with Crippen LogP contribution in [0.25, 0.3) is 0 Å². The summed E-state index contributed by atoms with van der Waals surface area (Å²) in [5.41, 5.74) is 0.614. The fraction of sp³-hybridized carbons (Fsp3) is 0.579. The average Bonchev–Trinajstić information content (AvgIpc) is 2.67. The molecule has 0 aromatic heterocycles. The molecule has 32 heavy (non-hydrogen) atoms. The Morgan fingerprint density at radius 3 is 2.06 bits per heavy atom. The quantitative estimate of drug-likeness (QED) is 0.211. The second kappa shape index (κ2) is 8.96. The number of hydrogen-bond acceptors (Lipinski definition) is 6. The number of hydrogen-bond donors (Lipinski definition) is 1. The smallest absolute Gasteiger partial charge is 0.428 e. The molecule has 0 atom stereocenters. The fourth-order valence-corrected chi connectivity index (χ4v) is 8.16. The van der Waals surface area contributed by atoms with Gasteiger partial charge in [-0.15, -0.1) is 0 Å². The van der Waals surface area contributed by atoms with Crippen LogP contribution in [0.4, 0.5) is 8.78 Å². The van der Waals surface area contributed by atoms with Crippen molar-refractivity contribution in [1.82, 2.24) is 5.32 Å². The molecule has 7 nitrogen and oxygen atoms in total. The van der Waals surface area contributed by atoms with Crippen molar-refractivity contribution in [3.05, 3.63) is 28.4 Å². The molecule has 1 aromatic carbocycles. The highest BCUT2D eigenvalue weighted by Gasteiger charge is 2.57. The summed E-state index contributed by atoms with van der Waals surface area (Å²) in [7, 11) is -6.14. The molecule has 1 aromatic rings. The molecule has 1 N–H and O–H groups in total. The van der Waals surface area contributed by atoms with E-state index < -0.39 is 27.4 Å². The predicted octanol–water partition coefficient (Wildman–Crippen LogP) is 3.71. The number of esters is 1. The predicted molar refractivity (Wildman–Crippen MR) is 133 cm³/mol. The maximum Gasteiger partial charge on any atom is 0.428 e. The SMILES string of the molecule is O=C(NC1C2CC3CC1CC(C2)C3OC(=O)C(F)(F)S(=O)(=O)[O-])c1cc(I)cc(I)c1I. The van der Waals surface area contributed by atoms with Crippen molar-refractivity contribution >= 4 is 89.8 Å². The lowest BCUT2D eigenvalue weighted by atomic mass is 9.53. The van der Waals surface area contributed by atoms with Crippen molar-refractivity contribution in [2.75, 3.05) is 0 Å². The summed E-state index contributed by atoms with van der Waals surface area (Å²) in [5.74, 6) is -2.58. The van der Waals surface area contributed by atoms with Crippen molar-refractivity contribution < 1.29 is 36.1 Å². The molecule has 4 aliphatic carbocycles. The van der Waals surface area contributed by atoms with Gasteiger partial charge in [-0.1, -0.05) is 0 Å². The van der Waals surface area contributed by atoms with Gasteiger partial charge in [0, 0.05) is 16.8 Å². The van der Waals surface area contributed by atoms with Gasteiger partial charge in [-0.25, -0.2) is 13.2 Å². The molecule has 0 saturated heterocycles. The number of ether oxygens (including phenoxy) is 1. The molecule has 5 rings (SSSR count). The van der Waals surface area contributed by atoms with Crippen LogP contribution in [-0.4, -0.2) is 42.2 Å². The molecule has 0 aliphatic heterocycles. The lowest BCUT2D eigenvalue weighted by Crippen LogP contribution is -2.61. The third-order valence-electron chi connectivity index (χ3n) is 6.70. The average molecular weight is 806 g/mol. The molecule has 4 bridgehead atoms. The summed E-state index contributed by atoms with van der Waals surface area (Å²) in [6.07, 6.45) is 1.47. The molecule has 4 saturated carbocycles. The molecule has 0 heterocycles. The number of carbonyl (C=O) groups excluding carboxylic acids is 2. The lowest BCUT2D eigenvalue weighted by molar-refractivity contribution is -0.188. The van der Waals surface area contributed by atoms with Crippen LogP contribution < -0.4 is 5.32 Å². The molecule has 1 amide bonds. The van der Waals surface area contributed by atoms with Crippen molar-refractivity contribution in [3.63, 3.8) is 0 Å². The first-order chi connectivity index (χ1) is 14.8. The van der Waals surface area contributed by atoms with E-state index in [0.29, 0.717) is 31.2 Å². The molecule has 4 fully saturated rings. The minimum absolute atomic E-state index is 0.0542.